The summed E-state index contributed by atoms with van der Waals surface area (Å²) in [5.74, 6) is 0. The molecular weight excluding hydrogens is 158 g/mol. The first-order chi connectivity index (χ1) is 5.29. The maximum atomic E-state index is 10.0. The Morgan fingerprint density at radius 3 is 2.82 bits per heavy atom. The smallest absolute Gasteiger partial charge is 0.235 e. The van der Waals surface area contributed by atoms with Gasteiger partial charge in [0, 0.05) is 7.11 Å². The highest BCUT2D eigenvalue weighted by molar-refractivity contribution is 6.78. The average Bonchev–Trinajstić information content (AvgIpc) is 2.01. The summed E-state index contributed by atoms with van der Waals surface area (Å²) in [6.45, 7) is 2.11. The molecule has 1 aliphatic rings. The van der Waals surface area contributed by atoms with Crippen LogP contribution in [0.15, 0.2) is 4.99 Å². The first-order valence-corrected chi connectivity index (χ1v) is 6.31. The highest BCUT2D eigenvalue weighted by atomic mass is 28.4. The quantitative estimate of drug-likeness (QED) is 0.364. The van der Waals surface area contributed by atoms with Crippen LogP contribution in [0.4, 0.5) is 0 Å². The Morgan fingerprint density at radius 1 is 1.82 bits per heavy atom. The second kappa shape index (κ2) is 3.30. The molecule has 0 N–H and O–H groups in total. The van der Waals surface area contributed by atoms with Gasteiger partial charge in [0.25, 0.3) is 0 Å². The lowest BCUT2D eigenvalue weighted by Crippen LogP contribution is -2.56. The predicted molar refractivity (Wildman–Crippen MR) is 44.6 cm³/mol. The Labute approximate surface area is 67.6 Å². The van der Waals surface area contributed by atoms with Crippen LogP contribution in [0.5, 0.6) is 0 Å². The third-order valence-corrected chi connectivity index (χ3v) is 7.44. The first-order valence-electron chi connectivity index (χ1n) is 3.91. The Bertz CT molecular complexity index is 179. The van der Waals surface area contributed by atoms with Crippen molar-refractivity contribution in [1.29, 1.82) is 0 Å². The maximum Gasteiger partial charge on any atom is 0.235 e. The molecule has 1 rings (SSSR count). The Kier molecular flexibility index (Phi) is 2.60. The van der Waals surface area contributed by atoms with Gasteiger partial charge in [0.1, 0.15) is 0 Å². The molecule has 4 heteroatoms. The summed E-state index contributed by atoms with van der Waals surface area (Å²) in [6.07, 6.45) is 2.64. The summed E-state index contributed by atoms with van der Waals surface area (Å²) in [6, 6.07) is 2.20. The van der Waals surface area contributed by atoms with Crippen molar-refractivity contribution < 1.29 is 9.22 Å². The third kappa shape index (κ3) is 1.29. The van der Waals surface area contributed by atoms with E-state index in [9.17, 15) is 4.79 Å². The largest absolute Gasteiger partial charge is 0.418 e. The van der Waals surface area contributed by atoms with Gasteiger partial charge in [-0.2, -0.15) is 0 Å². The van der Waals surface area contributed by atoms with Gasteiger partial charge >= 0.3 is 0 Å². The minimum absolute atomic E-state index is 0.190. The fraction of sp³-hybridized carbons (Fsp3) is 0.857. The van der Waals surface area contributed by atoms with Crippen LogP contribution in [0.3, 0.4) is 0 Å². The second-order valence-corrected chi connectivity index (χ2v) is 7.31. The lowest BCUT2D eigenvalue weighted by molar-refractivity contribution is 0.350. The molecule has 1 heterocycles. The molecule has 2 atom stereocenters. The SMILES string of the molecule is CC[Si]1(OC)CCC1N=C=O. The van der Waals surface area contributed by atoms with Crippen LogP contribution in [-0.4, -0.2) is 27.2 Å². The van der Waals surface area contributed by atoms with E-state index in [-0.39, 0.29) is 5.67 Å². The van der Waals surface area contributed by atoms with Crippen LogP contribution in [0.2, 0.25) is 12.1 Å². The molecule has 1 saturated heterocycles. The van der Waals surface area contributed by atoms with Crippen LogP contribution >= 0.6 is 0 Å². The van der Waals surface area contributed by atoms with Crippen molar-refractivity contribution in [3.8, 4) is 0 Å². The molecule has 0 amide bonds. The first kappa shape index (κ1) is 8.65. The van der Waals surface area contributed by atoms with Gasteiger partial charge in [-0.05, 0) is 18.5 Å². The van der Waals surface area contributed by atoms with Gasteiger partial charge in [-0.1, -0.05) is 6.92 Å². The summed E-state index contributed by atoms with van der Waals surface area (Å²) in [4.78, 5) is 13.8. The molecule has 3 nitrogen and oxygen atoms in total. The molecule has 0 aromatic rings. The highest BCUT2D eigenvalue weighted by Crippen LogP contribution is 2.37. The standard InChI is InChI=1S/C7H13NO2Si/c1-3-11(10-2)5-4-7(11)8-6-9/h7H,3-5H2,1-2H3. The van der Waals surface area contributed by atoms with Crippen LogP contribution in [-0.2, 0) is 9.22 Å². The van der Waals surface area contributed by atoms with Crippen molar-refractivity contribution in [3.63, 3.8) is 0 Å². The van der Waals surface area contributed by atoms with Crippen molar-refractivity contribution in [2.24, 2.45) is 4.99 Å². The zero-order chi connectivity index (χ0) is 8.32. The number of carbonyl (C=O) groups excluding carboxylic acids is 1. The van der Waals surface area contributed by atoms with Crippen molar-refractivity contribution in [2.45, 2.75) is 31.1 Å². The molecule has 62 valence electrons. The Morgan fingerprint density at radius 2 is 2.55 bits per heavy atom. The summed E-state index contributed by atoms with van der Waals surface area (Å²) >= 11 is 0. The number of rotatable bonds is 3. The van der Waals surface area contributed by atoms with Crippen LogP contribution in [0, 0.1) is 0 Å². The average molecular weight is 171 g/mol. The van der Waals surface area contributed by atoms with E-state index >= 15 is 0 Å². The van der Waals surface area contributed by atoms with Crippen molar-refractivity contribution in [3.05, 3.63) is 0 Å². The molecule has 1 aliphatic heterocycles. The summed E-state index contributed by atoms with van der Waals surface area (Å²) in [7, 11) is 0.168. The van der Waals surface area contributed by atoms with E-state index in [0.717, 1.165) is 18.5 Å². The van der Waals surface area contributed by atoms with Crippen molar-refractivity contribution in [1.82, 2.24) is 0 Å². The molecule has 1 fully saturated rings. The van der Waals surface area contributed by atoms with Gasteiger partial charge < -0.3 is 4.43 Å². The zero-order valence-electron chi connectivity index (χ0n) is 6.96. The zero-order valence-corrected chi connectivity index (χ0v) is 7.96. The van der Waals surface area contributed by atoms with E-state index in [2.05, 4.69) is 11.9 Å². The Hall–Kier alpha value is -0.443. The second-order valence-electron chi connectivity index (χ2n) is 2.90. The molecule has 0 bridgehead atoms. The summed E-state index contributed by atoms with van der Waals surface area (Å²) in [5, 5.41) is 0. The molecule has 0 aromatic heterocycles. The lowest BCUT2D eigenvalue weighted by atomic mass is 10.4. The molecule has 2 unspecified atom stereocenters. The molecule has 0 radical (unpaired) electrons. The molecule has 0 aliphatic carbocycles. The Balaban J connectivity index is 2.63. The highest BCUT2D eigenvalue weighted by Gasteiger charge is 2.49. The van der Waals surface area contributed by atoms with Crippen LogP contribution < -0.4 is 0 Å². The number of nitrogens with zero attached hydrogens (tertiary/aromatic N) is 1. The fourth-order valence-corrected chi connectivity index (χ4v) is 4.70. The van der Waals surface area contributed by atoms with Gasteiger partial charge in [0.2, 0.25) is 14.4 Å². The summed E-state index contributed by atoms with van der Waals surface area (Å²) < 4.78 is 5.45. The number of isocyanates is 1. The van der Waals surface area contributed by atoms with Crippen molar-refractivity contribution in [2.75, 3.05) is 7.11 Å². The van der Waals surface area contributed by atoms with Gasteiger partial charge in [0.05, 0.1) is 5.67 Å². The molecule has 0 spiro atoms. The predicted octanol–water partition coefficient (Wildman–Crippen LogP) is 1.25. The van der Waals surface area contributed by atoms with Gasteiger partial charge in [-0.15, -0.1) is 0 Å². The van der Waals surface area contributed by atoms with Crippen LogP contribution in [0.25, 0.3) is 0 Å². The maximum absolute atomic E-state index is 10.0. The van der Waals surface area contributed by atoms with E-state index in [1.54, 1.807) is 13.2 Å². The minimum Gasteiger partial charge on any atom is -0.418 e. The van der Waals surface area contributed by atoms with E-state index in [1.165, 1.54) is 0 Å². The number of hydrogen-bond acceptors (Lipinski definition) is 3. The van der Waals surface area contributed by atoms with Crippen LogP contribution in [0.1, 0.15) is 13.3 Å². The van der Waals surface area contributed by atoms with E-state index in [0.29, 0.717) is 0 Å². The van der Waals surface area contributed by atoms with E-state index < -0.39 is 8.32 Å². The van der Waals surface area contributed by atoms with E-state index in [1.807, 2.05) is 0 Å². The number of aliphatic imine (C=N–C) groups is 1. The molecular formula is C7H13NO2Si. The van der Waals surface area contributed by atoms with Gasteiger partial charge in [-0.3, -0.25) is 0 Å². The van der Waals surface area contributed by atoms with Crippen molar-refractivity contribution >= 4 is 14.4 Å². The number of hydrogen-bond donors (Lipinski definition) is 0. The molecule has 0 aromatic carbocycles. The molecule has 0 saturated carbocycles. The fourth-order valence-electron chi connectivity index (χ4n) is 1.64. The van der Waals surface area contributed by atoms with Gasteiger partial charge in [0.15, 0.2) is 0 Å². The topological polar surface area (TPSA) is 38.7 Å². The minimum atomic E-state index is -1.57. The van der Waals surface area contributed by atoms with E-state index in [4.69, 9.17) is 4.43 Å². The monoisotopic (exact) mass is 171 g/mol. The van der Waals surface area contributed by atoms with Gasteiger partial charge in [-0.25, -0.2) is 9.79 Å². The lowest BCUT2D eigenvalue weighted by Gasteiger charge is -2.42. The summed E-state index contributed by atoms with van der Waals surface area (Å²) in [5.41, 5.74) is 0.190. The molecule has 11 heavy (non-hydrogen) atoms. The third-order valence-electron chi connectivity index (χ3n) is 2.66. The normalized spacial score (nSPS) is 35.6.